The summed E-state index contributed by atoms with van der Waals surface area (Å²) in [6.45, 7) is 2.96. The molecule has 0 heterocycles. The van der Waals surface area contributed by atoms with Crippen LogP contribution in [0.2, 0.25) is 0 Å². The molecule has 7 heteroatoms. The lowest BCUT2D eigenvalue weighted by Gasteiger charge is -2.09. The molecule has 0 saturated heterocycles. The van der Waals surface area contributed by atoms with Crippen LogP contribution >= 0.6 is 7.82 Å². The zero-order valence-corrected chi connectivity index (χ0v) is 18.8. The van der Waals surface area contributed by atoms with Crippen LogP contribution in [0, 0.1) is 0 Å². The molecule has 0 saturated carbocycles. The van der Waals surface area contributed by atoms with Crippen molar-refractivity contribution >= 4 is 7.82 Å². The zero-order valence-electron chi connectivity index (χ0n) is 17.9. The van der Waals surface area contributed by atoms with Gasteiger partial charge in [-0.3, -0.25) is 4.52 Å². The minimum atomic E-state index is -4.41. The van der Waals surface area contributed by atoms with Crippen molar-refractivity contribution in [3.63, 3.8) is 0 Å². The lowest BCUT2D eigenvalue weighted by molar-refractivity contribution is 0.0668. The Morgan fingerprint density at radius 1 is 0.759 bits per heavy atom. The Morgan fingerprint density at radius 2 is 1.31 bits per heavy atom. The Balaban J connectivity index is 1.97. The molecule has 2 N–H and O–H groups in total. The van der Waals surface area contributed by atoms with E-state index in [-0.39, 0.29) is 13.2 Å². The number of hydrogen-bond donors (Lipinski definition) is 2. The van der Waals surface area contributed by atoms with Gasteiger partial charge in [-0.25, -0.2) is 4.57 Å². The first kappa shape index (κ1) is 26.1. The number of phosphoric acid groups is 1. The van der Waals surface area contributed by atoms with Gasteiger partial charge in [0, 0.05) is 0 Å². The van der Waals surface area contributed by atoms with Crippen molar-refractivity contribution in [1.82, 2.24) is 0 Å². The van der Waals surface area contributed by atoms with Crippen molar-refractivity contribution in [1.29, 1.82) is 0 Å². The fourth-order valence-corrected chi connectivity index (χ4v) is 3.42. The first-order valence-electron chi connectivity index (χ1n) is 11.0. The molecule has 0 unspecified atom stereocenters. The van der Waals surface area contributed by atoms with Crippen molar-refractivity contribution in [2.45, 2.75) is 77.6 Å². The summed E-state index contributed by atoms with van der Waals surface area (Å²) in [6, 6.07) is 8.17. The van der Waals surface area contributed by atoms with Crippen LogP contribution in [0.15, 0.2) is 24.3 Å². The third-order valence-corrected chi connectivity index (χ3v) is 5.24. The standard InChI is InChI=1S/C22H39O6P/c1-2-3-4-5-6-7-8-9-10-11-12-21-13-15-22(16-14-21)27-19-17-26-18-20-28-29(23,24)25/h13-16H,2-12,17-20H2,1H3,(H2,23,24,25). The summed E-state index contributed by atoms with van der Waals surface area (Å²) < 4.78 is 25.6. The van der Waals surface area contributed by atoms with Gasteiger partial charge in [0.1, 0.15) is 12.4 Å². The summed E-state index contributed by atoms with van der Waals surface area (Å²) in [6.07, 6.45) is 14.6. The highest BCUT2D eigenvalue weighted by atomic mass is 31.2. The minimum Gasteiger partial charge on any atom is -0.491 e. The summed E-state index contributed by atoms with van der Waals surface area (Å²) in [5, 5.41) is 0. The number of ether oxygens (including phenoxy) is 2. The zero-order chi connectivity index (χ0) is 21.2. The molecule has 0 radical (unpaired) electrons. The van der Waals surface area contributed by atoms with Crippen LogP contribution < -0.4 is 4.74 Å². The van der Waals surface area contributed by atoms with Gasteiger partial charge in [0.2, 0.25) is 0 Å². The van der Waals surface area contributed by atoms with E-state index >= 15 is 0 Å². The van der Waals surface area contributed by atoms with E-state index in [1.165, 1.54) is 69.8 Å². The van der Waals surface area contributed by atoms with E-state index < -0.39 is 7.82 Å². The predicted molar refractivity (Wildman–Crippen MR) is 116 cm³/mol. The maximum absolute atomic E-state index is 10.5. The smallest absolute Gasteiger partial charge is 0.469 e. The van der Waals surface area contributed by atoms with Crippen molar-refractivity contribution in [2.75, 3.05) is 26.4 Å². The van der Waals surface area contributed by atoms with Crippen molar-refractivity contribution in [2.24, 2.45) is 0 Å². The molecule has 0 spiro atoms. The van der Waals surface area contributed by atoms with Crippen LogP contribution in [0.5, 0.6) is 5.75 Å². The van der Waals surface area contributed by atoms with Gasteiger partial charge in [0.25, 0.3) is 0 Å². The molecule has 0 amide bonds. The van der Waals surface area contributed by atoms with Crippen LogP contribution in [0.3, 0.4) is 0 Å². The van der Waals surface area contributed by atoms with Crippen molar-refractivity contribution in [3.05, 3.63) is 29.8 Å². The molecule has 0 aliphatic rings. The van der Waals surface area contributed by atoms with Gasteiger partial charge in [-0.05, 0) is 30.5 Å². The van der Waals surface area contributed by atoms with Gasteiger partial charge < -0.3 is 19.3 Å². The number of aryl methyl sites for hydroxylation is 1. The average Bonchev–Trinajstić information content (AvgIpc) is 2.69. The van der Waals surface area contributed by atoms with E-state index in [9.17, 15) is 4.57 Å². The molecule has 0 aromatic heterocycles. The van der Waals surface area contributed by atoms with Gasteiger partial charge in [0.15, 0.2) is 0 Å². The van der Waals surface area contributed by atoms with E-state index in [0.717, 1.165) is 12.2 Å². The molecule has 1 aromatic carbocycles. The van der Waals surface area contributed by atoms with Gasteiger partial charge >= 0.3 is 7.82 Å². The fourth-order valence-electron chi connectivity index (χ4n) is 3.10. The lowest BCUT2D eigenvalue weighted by atomic mass is 10.0. The third kappa shape index (κ3) is 16.6. The van der Waals surface area contributed by atoms with Gasteiger partial charge in [-0.1, -0.05) is 76.8 Å². The highest BCUT2D eigenvalue weighted by Gasteiger charge is 2.12. The number of unbranched alkanes of at least 4 members (excludes halogenated alkanes) is 9. The Kier molecular flexibility index (Phi) is 15.2. The largest absolute Gasteiger partial charge is 0.491 e. The second-order valence-electron chi connectivity index (χ2n) is 7.36. The minimum absolute atomic E-state index is 0.117. The fraction of sp³-hybridized carbons (Fsp3) is 0.727. The molecule has 168 valence electrons. The molecule has 0 atom stereocenters. The highest BCUT2D eigenvalue weighted by Crippen LogP contribution is 2.35. The number of benzene rings is 1. The third-order valence-electron chi connectivity index (χ3n) is 4.73. The highest BCUT2D eigenvalue weighted by molar-refractivity contribution is 7.46. The lowest BCUT2D eigenvalue weighted by Crippen LogP contribution is -2.10. The van der Waals surface area contributed by atoms with E-state index in [4.69, 9.17) is 19.3 Å². The van der Waals surface area contributed by atoms with E-state index in [1.54, 1.807) is 0 Å². The SMILES string of the molecule is CCCCCCCCCCCCc1ccc(OCCOCCOP(=O)(O)O)cc1. The van der Waals surface area contributed by atoms with Crippen LogP contribution in [0.4, 0.5) is 0 Å². The molecule has 0 aliphatic heterocycles. The van der Waals surface area contributed by atoms with Crippen molar-refractivity contribution in [3.8, 4) is 5.75 Å². The second-order valence-corrected chi connectivity index (χ2v) is 8.60. The molecule has 6 nitrogen and oxygen atoms in total. The summed E-state index contributed by atoms with van der Waals surface area (Å²) in [7, 11) is -4.41. The Labute approximate surface area is 176 Å². The normalized spacial score (nSPS) is 11.7. The molecular weight excluding hydrogens is 391 g/mol. The number of phosphoric ester groups is 1. The Hall–Kier alpha value is -0.910. The second kappa shape index (κ2) is 16.8. The first-order valence-corrected chi connectivity index (χ1v) is 12.5. The quantitative estimate of drug-likeness (QED) is 0.218. The molecule has 1 aromatic rings. The molecule has 0 fully saturated rings. The average molecular weight is 431 g/mol. The summed E-state index contributed by atoms with van der Waals surface area (Å²) in [5.41, 5.74) is 1.34. The van der Waals surface area contributed by atoms with E-state index in [2.05, 4.69) is 23.6 Å². The van der Waals surface area contributed by atoms with E-state index in [1.807, 2.05) is 12.1 Å². The number of rotatable bonds is 19. The maximum Gasteiger partial charge on any atom is 0.469 e. The van der Waals surface area contributed by atoms with Gasteiger partial charge in [0.05, 0.1) is 19.8 Å². The van der Waals surface area contributed by atoms with E-state index in [0.29, 0.717) is 13.2 Å². The monoisotopic (exact) mass is 430 g/mol. The number of hydrogen-bond acceptors (Lipinski definition) is 4. The maximum atomic E-state index is 10.5. The first-order chi connectivity index (χ1) is 14.0. The van der Waals surface area contributed by atoms with Crippen LogP contribution in [-0.2, 0) is 20.2 Å². The Bertz CT molecular complexity index is 543. The predicted octanol–water partition coefficient (Wildman–Crippen LogP) is 5.65. The summed E-state index contributed by atoms with van der Waals surface area (Å²) >= 11 is 0. The molecule has 29 heavy (non-hydrogen) atoms. The molecular formula is C22H39O6P. The van der Waals surface area contributed by atoms with Gasteiger partial charge in [-0.15, -0.1) is 0 Å². The Morgan fingerprint density at radius 3 is 1.90 bits per heavy atom. The molecule has 1 rings (SSSR count). The van der Waals surface area contributed by atoms with Crippen molar-refractivity contribution < 1.29 is 28.3 Å². The summed E-state index contributed by atoms with van der Waals surface area (Å²) in [5.74, 6) is 0.798. The summed E-state index contributed by atoms with van der Waals surface area (Å²) in [4.78, 5) is 17.1. The van der Waals surface area contributed by atoms with Crippen LogP contribution in [0.1, 0.15) is 76.7 Å². The topological polar surface area (TPSA) is 85.2 Å². The van der Waals surface area contributed by atoms with Crippen LogP contribution in [-0.4, -0.2) is 36.2 Å². The van der Waals surface area contributed by atoms with Crippen LogP contribution in [0.25, 0.3) is 0 Å². The molecule has 0 aliphatic carbocycles. The van der Waals surface area contributed by atoms with Gasteiger partial charge in [-0.2, -0.15) is 0 Å². The molecule has 0 bridgehead atoms.